The fourth-order valence-corrected chi connectivity index (χ4v) is 3.97. The number of aryl methyl sites for hydroxylation is 1. The molecule has 2 N–H and O–H groups in total. The van der Waals surface area contributed by atoms with E-state index >= 15 is 0 Å². The lowest BCUT2D eigenvalue weighted by Gasteiger charge is -2.28. The minimum Gasteiger partial charge on any atom is -0.480 e. The van der Waals surface area contributed by atoms with E-state index in [0.29, 0.717) is 12.0 Å². The van der Waals surface area contributed by atoms with Crippen LogP contribution in [0.1, 0.15) is 46.7 Å². The Morgan fingerprint density at radius 2 is 1.83 bits per heavy atom. The van der Waals surface area contributed by atoms with E-state index in [0.717, 1.165) is 24.9 Å². The van der Waals surface area contributed by atoms with Crippen molar-refractivity contribution in [3.63, 3.8) is 0 Å². The monoisotopic (exact) mass is 390 g/mol. The van der Waals surface area contributed by atoms with Gasteiger partial charge in [0, 0.05) is 11.3 Å². The number of rotatable bonds is 6. The molecule has 29 heavy (non-hydrogen) atoms. The van der Waals surface area contributed by atoms with E-state index < -0.39 is 17.9 Å². The second-order valence-corrected chi connectivity index (χ2v) is 7.30. The fraction of sp³-hybridized carbons (Fsp3) is 0.273. The maximum atomic E-state index is 12.6. The summed E-state index contributed by atoms with van der Waals surface area (Å²) in [5.74, 6) is -1.27. The van der Waals surface area contributed by atoms with Crippen LogP contribution in [0.15, 0.2) is 61.2 Å². The van der Waals surface area contributed by atoms with E-state index in [1.165, 1.54) is 11.1 Å². The van der Waals surface area contributed by atoms with E-state index in [9.17, 15) is 14.7 Å². The highest BCUT2D eigenvalue weighted by molar-refractivity contribution is 5.96. The zero-order chi connectivity index (χ0) is 20.2. The van der Waals surface area contributed by atoms with Crippen LogP contribution in [0.2, 0.25) is 0 Å². The van der Waals surface area contributed by atoms with E-state index in [1.54, 1.807) is 41.5 Å². The minimum atomic E-state index is -1.01. The van der Waals surface area contributed by atoms with E-state index in [4.69, 9.17) is 0 Å². The molecule has 0 saturated heterocycles. The maximum Gasteiger partial charge on any atom is 0.326 e. The molecule has 148 valence electrons. The Kier molecular flexibility index (Phi) is 5.37. The number of aliphatic carboxylic acids is 1. The number of aromatic nitrogens is 3. The highest BCUT2D eigenvalue weighted by Crippen LogP contribution is 2.34. The number of benzene rings is 2. The largest absolute Gasteiger partial charge is 0.480 e. The molecule has 7 heteroatoms. The molecule has 1 amide bonds. The number of carbonyl (C=O) groups is 2. The summed E-state index contributed by atoms with van der Waals surface area (Å²) in [6.45, 7) is 0. The Balaban J connectivity index is 1.46. The average Bonchev–Trinajstić information content (AvgIpc) is 3.28. The molecule has 0 saturated carbocycles. The Morgan fingerprint density at radius 1 is 1.10 bits per heavy atom. The molecule has 0 fully saturated rings. The maximum absolute atomic E-state index is 12.6. The van der Waals surface area contributed by atoms with Crippen molar-refractivity contribution in [2.75, 3.05) is 0 Å². The Morgan fingerprint density at radius 3 is 2.55 bits per heavy atom. The van der Waals surface area contributed by atoms with E-state index in [-0.39, 0.29) is 5.92 Å². The Hall–Kier alpha value is -3.48. The van der Waals surface area contributed by atoms with Crippen LogP contribution in [0.25, 0.3) is 5.69 Å². The molecule has 1 aliphatic carbocycles. The second-order valence-electron chi connectivity index (χ2n) is 7.30. The summed E-state index contributed by atoms with van der Waals surface area (Å²) in [5.41, 5.74) is 3.72. The Bertz CT molecular complexity index is 999. The molecule has 2 atom stereocenters. The van der Waals surface area contributed by atoms with Crippen molar-refractivity contribution in [2.24, 2.45) is 0 Å². The number of carbonyl (C=O) groups excluding carboxylic acids is 1. The lowest BCUT2D eigenvalue weighted by Crippen LogP contribution is -2.42. The van der Waals surface area contributed by atoms with Gasteiger partial charge < -0.3 is 10.4 Å². The third-order valence-corrected chi connectivity index (χ3v) is 5.46. The van der Waals surface area contributed by atoms with Crippen molar-refractivity contribution >= 4 is 11.9 Å². The molecule has 1 heterocycles. The SMILES string of the molecule is O=C(NC(CC1CCCc2ccccc21)C(=O)O)c1ccc(-n2cnnc2)cc1. The van der Waals surface area contributed by atoms with Crippen LogP contribution >= 0.6 is 0 Å². The summed E-state index contributed by atoms with van der Waals surface area (Å²) in [7, 11) is 0. The summed E-state index contributed by atoms with van der Waals surface area (Å²) in [6, 6.07) is 14.1. The number of carboxylic acids is 1. The van der Waals surface area contributed by atoms with E-state index in [1.807, 2.05) is 12.1 Å². The van der Waals surface area contributed by atoms with Gasteiger partial charge in [-0.25, -0.2) is 4.79 Å². The quantitative estimate of drug-likeness (QED) is 0.674. The first-order chi connectivity index (χ1) is 14.1. The van der Waals surface area contributed by atoms with Gasteiger partial charge in [0.2, 0.25) is 0 Å². The molecule has 0 radical (unpaired) electrons. The lowest BCUT2D eigenvalue weighted by molar-refractivity contribution is -0.139. The molecule has 4 rings (SSSR count). The van der Waals surface area contributed by atoms with Crippen molar-refractivity contribution in [3.8, 4) is 5.69 Å². The topological polar surface area (TPSA) is 97.1 Å². The van der Waals surface area contributed by atoms with Crippen molar-refractivity contribution in [3.05, 3.63) is 77.9 Å². The first kappa shape index (κ1) is 18.9. The van der Waals surface area contributed by atoms with Crippen LogP contribution in [-0.2, 0) is 11.2 Å². The summed E-state index contributed by atoms with van der Waals surface area (Å²) in [4.78, 5) is 24.5. The summed E-state index contributed by atoms with van der Waals surface area (Å²) < 4.78 is 1.72. The number of nitrogens with one attached hydrogen (secondary N) is 1. The second kappa shape index (κ2) is 8.26. The van der Waals surface area contributed by atoms with Crippen molar-refractivity contribution < 1.29 is 14.7 Å². The van der Waals surface area contributed by atoms with Gasteiger partial charge in [-0.1, -0.05) is 24.3 Å². The summed E-state index contributed by atoms with van der Waals surface area (Å²) in [5, 5.41) is 19.9. The van der Waals surface area contributed by atoms with Gasteiger partial charge in [-0.2, -0.15) is 0 Å². The Labute approximate surface area is 168 Å². The number of nitrogens with zero attached hydrogens (tertiary/aromatic N) is 3. The molecule has 0 bridgehead atoms. The molecule has 2 unspecified atom stereocenters. The van der Waals surface area contributed by atoms with Gasteiger partial charge in [0.15, 0.2) is 0 Å². The van der Waals surface area contributed by atoms with Gasteiger partial charge in [0.25, 0.3) is 5.91 Å². The number of carboxylic acid groups (broad SMARTS) is 1. The van der Waals surface area contributed by atoms with Crippen LogP contribution in [-0.4, -0.2) is 37.8 Å². The molecule has 7 nitrogen and oxygen atoms in total. The lowest BCUT2D eigenvalue weighted by atomic mass is 9.79. The van der Waals surface area contributed by atoms with Crippen LogP contribution in [0.4, 0.5) is 0 Å². The minimum absolute atomic E-state index is 0.137. The van der Waals surface area contributed by atoms with Crippen LogP contribution < -0.4 is 5.32 Å². The van der Waals surface area contributed by atoms with Crippen LogP contribution in [0.5, 0.6) is 0 Å². The predicted octanol–water partition coefficient (Wildman–Crippen LogP) is 2.96. The molecular weight excluding hydrogens is 368 g/mol. The molecular formula is C22H22N4O3. The summed E-state index contributed by atoms with van der Waals surface area (Å²) in [6.07, 6.45) is 6.51. The molecule has 2 aromatic carbocycles. The third-order valence-electron chi connectivity index (χ3n) is 5.46. The van der Waals surface area contributed by atoms with Gasteiger partial charge in [-0.05, 0) is 67.0 Å². The van der Waals surface area contributed by atoms with Gasteiger partial charge in [0.05, 0.1) is 0 Å². The first-order valence-corrected chi connectivity index (χ1v) is 9.68. The zero-order valence-corrected chi connectivity index (χ0v) is 15.9. The first-order valence-electron chi connectivity index (χ1n) is 9.68. The van der Waals surface area contributed by atoms with Gasteiger partial charge >= 0.3 is 5.97 Å². The van der Waals surface area contributed by atoms with E-state index in [2.05, 4.69) is 27.6 Å². The normalized spacial score (nSPS) is 16.6. The average molecular weight is 390 g/mol. The molecule has 0 aliphatic heterocycles. The van der Waals surface area contributed by atoms with Crippen LogP contribution in [0.3, 0.4) is 0 Å². The number of amides is 1. The highest BCUT2D eigenvalue weighted by atomic mass is 16.4. The molecule has 3 aromatic rings. The summed E-state index contributed by atoms with van der Waals surface area (Å²) >= 11 is 0. The zero-order valence-electron chi connectivity index (χ0n) is 15.9. The number of hydrogen-bond donors (Lipinski definition) is 2. The highest BCUT2D eigenvalue weighted by Gasteiger charge is 2.28. The number of fused-ring (bicyclic) bond motifs is 1. The molecule has 0 spiro atoms. The predicted molar refractivity (Wildman–Crippen MR) is 107 cm³/mol. The molecule has 1 aromatic heterocycles. The standard InChI is InChI=1S/C22H22N4O3/c27-21(16-8-10-18(11-9-16)26-13-23-24-14-26)25-20(22(28)29)12-17-6-3-5-15-4-1-2-7-19(15)17/h1-2,4,7-11,13-14,17,20H,3,5-6,12H2,(H,25,27)(H,28,29). The van der Waals surface area contributed by atoms with Gasteiger partial charge in [0.1, 0.15) is 18.7 Å². The smallest absolute Gasteiger partial charge is 0.326 e. The molecule has 1 aliphatic rings. The van der Waals surface area contributed by atoms with Crippen LogP contribution in [0, 0.1) is 0 Å². The van der Waals surface area contributed by atoms with Crippen molar-refractivity contribution in [1.29, 1.82) is 0 Å². The van der Waals surface area contributed by atoms with Crippen molar-refractivity contribution in [1.82, 2.24) is 20.1 Å². The van der Waals surface area contributed by atoms with Gasteiger partial charge in [-0.3, -0.25) is 9.36 Å². The third kappa shape index (κ3) is 4.18. The fourth-order valence-electron chi connectivity index (χ4n) is 3.97. The van der Waals surface area contributed by atoms with Crippen molar-refractivity contribution in [2.45, 2.75) is 37.6 Å². The van der Waals surface area contributed by atoms with Gasteiger partial charge in [-0.15, -0.1) is 10.2 Å². The number of hydrogen-bond acceptors (Lipinski definition) is 4.